The Balaban J connectivity index is 1.82. The zero-order chi connectivity index (χ0) is 10.3. The molecule has 0 spiro atoms. The molecule has 0 bridgehead atoms. The number of pyridine rings is 1. The Bertz CT molecular complexity index is 352. The van der Waals surface area contributed by atoms with E-state index >= 15 is 0 Å². The van der Waals surface area contributed by atoms with Crippen LogP contribution in [0.3, 0.4) is 0 Å². The highest BCUT2D eigenvalue weighted by molar-refractivity contribution is 5.47. The second-order valence-corrected chi connectivity index (χ2v) is 4.73. The van der Waals surface area contributed by atoms with E-state index in [0.717, 1.165) is 11.8 Å². The molecule has 3 nitrogen and oxygen atoms in total. The Morgan fingerprint density at radius 3 is 2.73 bits per heavy atom. The van der Waals surface area contributed by atoms with Gasteiger partial charge in [-0.2, -0.15) is 0 Å². The summed E-state index contributed by atoms with van der Waals surface area (Å²) in [6.45, 7) is 6.87. The van der Waals surface area contributed by atoms with Crippen molar-refractivity contribution in [3.8, 4) is 0 Å². The molecule has 1 N–H and O–H groups in total. The number of nitrogens with one attached hydrogen (secondary N) is 1. The Morgan fingerprint density at radius 1 is 1.33 bits per heavy atom. The molecule has 1 aromatic rings. The molecule has 0 saturated carbocycles. The minimum atomic E-state index is 0.839. The highest BCUT2D eigenvalue weighted by atomic mass is 15.2. The third-order valence-corrected chi connectivity index (χ3v) is 3.67. The smallest absolute Gasteiger partial charge is 0.131 e. The molecule has 0 aliphatic carbocycles. The van der Waals surface area contributed by atoms with Crippen molar-refractivity contribution in [3.05, 3.63) is 23.9 Å². The molecule has 2 atom stereocenters. The summed E-state index contributed by atoms with van der Waals surface area (Å²) in [7, 11) is 0. The fourth-order valence-corrected chi connectivity index (χ4v) is 2.84. The van der Waals surface area contributed by atoms with E-state index in [9.17, 15) is 0 Å². The topological polar surface area (TPSA) is 28.2 Å². The van der Waals surface area contributed by atoms with Crippen LogP contribution in [-0.4, -0.2) is 31.2 Å². The first kappa shape index (κ1) is 9.16. The molecular formula is C12H17N3. The third-order valence-electron chi connectivity index (χ3n) is 3.67. The summed E-state index contributed by atoms with van der Waals surface area (Å²) >= 11 is 0. The van der Waals surface area contributed by atoms with Crippen LogP contribution in [0.25, 0.3) is 0 Å². The number of hydrogen-bond acceptors (Lipinski definition) is 3. The first-order valence-electron chi connectivity index (χ1n) is 5.72. The minimum Gasteiger partial charge on any atom is -0.356 e. The van der Waals surface area contributed by atoms with Crippen molar-refractivity contribution in [2.24, 2.45) is 11.8 Å². The van der Waals surface area contributed by atoms with Crippen LogP contribution in [0, 0.1) is 18.8 Å². The van der Waals surface area contributed by atoms with Gasteiger partial charge in [0.25, 0.3) is 0 Å². The van der Waals surface area contributed by atoms with E-state index in [2.05, 4.69) is 28.2 Å². The van der Waals surface area contributed by atoms with Crippen LogP contribution < -0.4 is 10.2 Å². The maximum atomic E-state index is 4.49. The van der Waals surface area contributed by atoms with Crippen molar-refractivity contribution < 1.29 is 0 Å². The SMILES string of the molecule is Cc1cccnc1N1CC2CNCC2C1. The van der Waals surface area contributed by atoms with Gasteiger partial charge in [-0.25, -0.2) is 4.98 Å². The number of fused-ring (bicyclic) bond motifs is 1. The van der Waals surface area contributed by atoms with E-state index in [1.165, 1.54) is 37.6 Å². The molecule has 3 rings (SSSR count). The van der Waals surface area contributed by atoms with Gasteiger partial charge in [0, 0.05) is 32.4 Å². The predicted octanol–water partition coefficient (Wildman–Crippen LogP) is 1.05. The van der Waals surface area contributed by atoms with Crippen molar-refractivity contribution in [1.82, 2.24) is 10.3 Å². The second-order valence-electron chi connectivity index (χ2n) is 4.73. The molecule has 3 heterocycles. The molecule has 2 fully saturated rings. The summed E-state index contributed by atoms with van der Waals surface area (Å²) in [5.74, 6) is 2.87. The third kappa shape index (κ3) is 1.51. The van der Waals surface area contributed by atoms with E-state index < -0.39 is 0 Å². The number of anilines is 1. The molecule has 0 aromatic carbocycles. The standard InChI is InChI=1S/C12H17N3/c1-9-3-2-4-14-12(9)15-7-10-5-13-6-11(10)8-15/h2-4,10-11,13H,5-8H2,1H3. The molecule has 15 heavy (non-hydrogen) atoms. The Labute approximate surface area is 90.5 Å². The van der Waals surface area contributed by atoms with Crippen LogP contribution in [0.15, 0.2) is 18.3 Å². The van der Waals surface area contributed by atoms with E-state index in [4.69, 9.17) is 0 Å². The maximum Gasteiger partial charge on any atom is 0.131 e. The highest BCUT2D eigenvalue weighted by Gasteiger charge is 2.36. The average molecular weight is 203 g/mol. The number of rotatable bonds is 1. The molecule has 1 aromatic heterocycles. The van der Waals surface area contributed by atoms with Crippen LogP contribution in [0.4, 0.5) is 5.82 Å². The van der Waals surface area contributed by atoms with Crippen LogP contribution >= 0.6 is 0 Å². The predicted molar refractivity (Wildman–Crippen MR) is 61.0 cm³/mol. The van der Waals surface area contributed by atoms with E-state index in [-0.39, 0.29) is 0 Å². The Morgan fingerprint density at radius 2 is 2.07 bits per heavy atom. The molecule has 2 saturated heterocycles. The summed E-state index contributed by atoms with van der Waals surface area (Å²) in [4.78, 5) is 6.94. The Hall–Kier alpha value is -1.09. The molecular weight excluding hydrogens is 186 g/mol. The van der Waals surface area contributed by atoms with Crippen molar-refractivity contribution in [2.75, 3.05) is 31.1 Å². The van der Waals surface area contributed by atoms with E-state index in [0.29, 0.717) is 0 Å². The maximum absolute atomic E-state index is 4.49. The molecule has 2 aliphatic heterocycles. The summed E-state index contributed by atoms with van der Waals surface area (Å²) < 4.78 is 0. The van der Waals surface area contributed by atoms with Crippen molar-refractivity contribution >= 4 is 5.82 Å². The first-order chi connectivity index (χ1) is 7.34. The van der Waals surface area contributed by atoms with Gasteiger partial charge in [0.1, 0.15) is 5.82 Å². The first-order valence-corrected chi connectivity index (χ1v) is 5.72. The largest absolute Gasteiger partial charge is 0.356 e. The van der Waals surface area contributed by atoms with E-state index in [1.54, 1.807) is 0 Å². The van der Waals surface area contributed by atoms with Crippen LogP contribution in [0.1, 0.15) is 5.56 Å². The zero-order valence-corrected chi connectivity index (χ0v) is 9.11. The lowest BCUT2D eigenvalue weighted by atomic mass is 10.0. The fourth-order valence-electron chi connectivity index (χ4n) is 2.84. The highest BCUT2D eigenvalue weighted by Crippen LogP contribution is 2.30. The van der Waals surface area contributed by atoms with Crippen molar-refractivity contribution in [2.45, 2.75) is 6.92 Å². The monoisotopic (exact) mass is 203 g/mol. The van der Waals surface area contributed by atoms with Crippen molar-refractivity contribution in [1.29, 1.82) is 0 Å². The molecule has 80 valence electrons. The number of aromatic nitrogens is 1. The van der Waals surface area contributed by atoms with Crippen LogP contribution in [0.2, 0.25) is 0 Å². The van der Waals surface area contributed by atoms with Gasteiger partial charge in [-0.1, -0.05) is 6.07 Å². The van der Waals surface area contributed by atoms with Gasteiger partial charge >= 0.3 is 0 Å². The number of nitrogens with zero attached hydrogens (tertiary/aromatic N) is 2. The van der Waals surface area contributed by atoms with Gasteiger partial charge in [-0.05, 0) is 30.4 Å². The summed E-state index contributed by atoms with van der Waals surface area (Å²) in [5, 5.41) is 3.46. The van der Waals surface area contributed by atoms with Crippen LogP contribution in [0.5, 0.6) is 0 Å². The van der Waals surface area contributed by atoms with E-state index in [1.807, 2.05) is 12.3 Å². The van der Waals surface area contributed by atoms with Gasteiger partial charge in [0.15, 0.2) is 0 Å². The molecule has 3 heteroatoms. The Kier molecular flexibility index (Phi) is 2.13. The van der Waals surface area contributed by atoms with Gasteiger partial charge in [-0.15, -0.1) is 0 Å². The lowest BCUT2D eigenvalue weighted by Crippen LogP contribution is -2.26. The van der Waals surface area contributed by atoms with Gasteiger partial charge < -0.3 is 10.2 Å². The lowest BCUT2D eigenvalue weighted by Gasteiger charge is -2.20. The van der Waals surface area contributed by atoms with Crippen molar-refractivity contribution in [3.63, 3.8) is 0 Å². The average Bonchev–Trinajstić information content (AvgIpc) is 2.77. The summed E-state index contributed by atoms with van der Waals surface area (Å²) in [6.07, 6.45) is 1.90. The normalized spacial score (nSPS) is 29.5. The number of hydrogen-bond donors (Lipinski definition) is 1. The molecule has 2 aliphatic rings. The quantitative estimate of drug-likeness (QED) is 0.739. The molecule has 0 radical (unpaired) electrons. The summed E-state index contributed by atoms with van der Waals surface area (Å²) in [6, 6.07) is 4.16. The molecule has 2 unspecified atom stereocenters. The van der Waals surface area contributed by atoms with Gasteiger partial charge in [0.05, 0.1) is 0 Å². The summed E-state index contributed by atoms with van der Waals surface area (Å²) in [5.41, 5.74) is 1.30. The fraction of sp³-hybridized carbons (Fsp3) is 0.583. The molecule has 0 amide bonds. The van der Waals surface area contributed by atoms with Gasteiger partial charge in [0.2, 0.25) is 0 Å². The zero-order valence-electron chi connectivity index (χ0n) is 9.11. The van der Waals surface area contributed by atoms with Crippen LogP contribution in [-0.2, 0) is 0 Å². The second kappa shape index (κ2) is 3.49. The number of aryl methyl sites for hydroxylation is 1. The lowest BCUT2D eigenvalue weighted by molar-refractivity contribution is 0.533. The minimum absolute atomic E-state index is 0.839. The van der Waals surface area contributed by atoms with Gasteiger partial charge in [-0.3, -0.25) is 0 Å².